The summed E-state index contributed by atoms with van der Waals surface area (Å²) in [6, 6.07) is 14.2. The molecule has 0 unspecified atom stereocenters. The molecular weight excluding hydrogens is 477 g/mol. The number of amides is 2. The van der Waals surface area contributed by atoms with Gasteiger partial charge in [-0.2, -0.15) is 0 Å². The van der Waals surface area contributed by atoms with Crippen molar-refractivity contribution in [2.24, 2.45) is 0 Å². The van der Waals surface area contributed by atoms with E-state index in [0.717, 1.165) is 19.6 Å². The number of rotatable bonds is 7. The minimum atomic E-state index is -0.280. The second kappa shape index (κ2) is 12.0. The van der Waals surface area contributed by atoms with Gasteiger partial charge in [-0.1, -0.05) is 41.4 Å². The van der Waals surface area contributed by atoms with Gasteiger partial charge < -0.3 is 19.3 Å². The topological polar surface area (TPSA) is 62.3 Å². The quantitative estimate of drug-likeness (QED) is 0.577. The number of hydrogen-bond acceptors (Lipinski definition) is 5. The van der Waals surface area contributed by atoms with Crippen LogP contribution in [0.25, 0.3) is 0 Å². The minimum absolute atomic E-state index is 0.0367. The van der Waals surface area contributed by atoms with Crippen molar-refractivity contribution in [3.05, 3.63) is 69.7 Å². The highest BCUT2D eigenvalue weighted by molar-refractivity contribution is 6.42. The van der Waals surface area contributed by atoms with Crippen molar-refractivity contribution in [1.29, 1.82) is 0 Å². The molecule has 2 aromatic rings. The zero-order valence-electron chi connectivity index (χ0n) is 19.0. The summed E-state index contributed by atoms with van der Waals surface area (Å²) in [5.74, 6) is -0.161. The van der Waals surface area contributed by atoms with Crippen LogP contribution in [-0.2, 0) is 9.47 Å². The molecule has 0 aromatic heterocycles. The van der Waals surface area contributed by atoms with Crippen LogP contribution < -0.4 is 0 Å². The van der Waals surface area contributed by atoms with Crippen LogP contribution in [0, 0.1) is 0 Å². The van der Waals surface area contributed by atoms with Crippen LogP contribution in [0.3, 0.4) is 0 Å². The first kappa shape index (κ1) is 24.9. The fourth-order valence-electron chi connectivity index (χ4n) is 4.20. The van der Waals surface area contributed by atoms with Gasteiger partial charge in [0.2, 0.25) is 0 Å². The molecule has 2 heterocycles. The van der Waals surface area contributed by atoms with Crippen molar-refractivity contribution in [2.75, 3.05) is 65.6 Å². The largest absolute Gasteiger partial charge is 0.379 e. The average molecular weight is 506 g/mol. The summed E-state index contributed by atoms with van der Waals surface area (Å²) in [4.78, 5) is 32.3. The van der Waals surface area contributed by atoms with E-state index in [-0.39, 0.29) is 17.9 Å². The standard InChI is InChI=1S/C25H29Cl2N3O4/c26-22-7-6-20(16-23(22)27)25(32)30-12-15-34-21(18-30)17-29(9-8-28-10-13-33-14-11-28)24(31)19-4-2-1-3-5-19/h1-7,16,21H,8-15,17-18H2/t21-/m1/s1. The number of benzene rings is 2. The van der Waals surface area contributed by atoms with Crippen LogP contribution in [0.15, 0.2) is 48.5 Å². The molecule has 2 saturated heterocycles. The molecule has 7 nitrogen and oxygen atoms in total. The number of halogens is 2. The lowest BCUT2D eigenvalue weighted by Crippen LogP contribution is -2.52. The van der Waals surface area contributed by atoms with E-state index in [1.807, 2.05) is 35.2 Å². The summed E-state index contributed by atoms with van der Waals surface area (Å²) < 4.78 is 11.4. The molecule has 0 N–H and O–H groups in total. The summed E-state index contributed by atoms with van der Waals surface area (Å²) in [5, 5.41) is 0.758. The Kier molecular flexibility index (Phi) is 8.80. The van der Waals surface area contributed by atoms with Crippen molar-refractivity contribution < 1.29 is 19.1 Å². The molecule has 0 bridgehead atoms. The van der Waals surface area contributed by atoms with E-state index in [9.17, 15) is 9.59 Å². The molecule has 0 radical (unpaired) electrons. The molecule has 2 aliphatic rings. The molecule has 2 aliphatic heterocycles. The Bertz CT molecular complexity index is 985. The highest BCUT2D eigenvalue weighted by Gasteiger charge is 2.29. The number of carbonyl (C=O) groups is 2. The van der Waals surface area contributed by atoms with Crippen molar-refractivity contribution in [2.45, 2.75) is 6.10 Å². The Morgan fingerprint density at radius 2 is 1.71 bits per heavy atom. The molecular formula is C25H29Cl2N3O4. The SMILES string of the molecule is O=C(c1ccc(Cl)c(Cl)c1)N1CCO[C@H](CN(CCN2CCOCC2)C(=O)c2ccccc2)C1. The molecule has 0 spiro atoms. The lowest BCUT2D eigenvalue weighted by atomic mass is 10.1. The molecule has 34 heavy (non-hydrogen) atoms. The van der Waals surface area contributed by atoms with Crippen LogP contribution in [0.5, 0.6) is 0 Å². The van der Waals surface area contributed by atoms with Gasteiger partial charge in [0.25, 0.3) is 11.8 Å². The number of hydrogen-bond donors (Lipinski definition) is 0. The van der Waals surface area contributed by atoms with Crippen molar-refractivity contribution in [3.8, 4) is 0 Å². The van der Waals surface area contributed by atoms with Gasteiger partial charge in [0, 0.05) is 56.9 Å². The zero-order chi connectivity index (χ0) is 23.9. The first-order chi connectivity index (χ1) is 16.5. The second-order valence-electron chi connectivity index (χ2n) is 8.44. The Hall–Kier alpha value is -2.16. The molecule has 2 aromatic carbocycles. The number of ether oxygens (including phenoxy) is 2. The molecule has 4 rings (SSSR count). The van der Waals surface area contributed by atoms with E-state index < -0.39 is 0 Å². The van der Waals surface area contributed by atoms with E-state index in [1.165, 1.54) is 0 Å². The Morgan fingerprint density at radius 3 is 2.44 bits per heavy atom. The molecule has 2 fully saturated rings. The monoisotopic (exact) mass is 505 g/mol. The lowest BCUT2D eigenvalue weighted by molar-refractivity contribution is -0.0346. The predicted octanol–water partition coefficient (Wildman–Crippen LogP) is 3.31. The lowest BCUT2D eigenvalue weighted by Gasteiger charge is -2.37. The van der Waals surface area contributed by atoms with Crippen LogP contribution in [0.4, 0.5) is 0 Å². The van der Waals surface area contributed by atoms with Crippen LogP contribution >= 0.6 is 23.2 Å². The molecule has 9 heteroatoms. The van der Waals surface area contributed by atoms with Crippen molar-refractivity contribution in [1.82, 2.24) is 14.7 Å². The number of carbonyl (C=O) groups excluding carboxylic acids is 2. The molecule has 0 aliphatic carbocycles. The van der Waals surface area contributed by atoms with Gasteiger partial charge in [0.15, 0.2) is 0 Å². The van der Waals surface area contributed by atoms with Gasteiger partial charge in [-0.05, 0) is 30.3 Å². The summed E-state index contributed by atoms with van der Waals surface area (Å²) in [7, 11) is 0. The number of nitrogens with zero attached hydrogens (tertiary/aromatic N) is 3. The maximum atomic E-state index is 13.3. The summed E-state index contributed by atoms with van der Waals surface area (Å²) in [6.07, 6.45) is -0.280. The van der Waals surface area contributed by atoms with Crippen LogP contribution in [0.2, 0.25) is 10.0 Å². The van der Waals surface area contributed by atoms with E-state index in [4.69, 9.17) is 32.7 Å². The third-order valence-electron chi connectivity index (χ3n) is 6.11. The first-order valence-corrected chi connectivity index (χ1v) is 12.3. The van der Waals surface area contributed by atoms with E-state index >= 15 is 0 Å². The average Bonchev–Trinajstić information content (AvgIpc) is 2.88. The zero-order valence-corrected chi connectivity index (χ0v) is 20.5. The summed E-state index contributed by atoms with van der Waals surface area (Å²) in [5.41, 5.74) is 1.13. The van der Waals surface area contributed by atoms with Crippen LogP contribution in [-0.4, -0.2) is 98.3 Å². The van der Waals surface area contributed by atoms with Gasteiger partial charge in [0.05, 0.1) is 36.0 Å². The summed E-state index contributed by atoms with van der Waals surface area (Å²) >= 11 is 12.1. The molecule has 182 valence electrons. The third kappa shape index (κ3) is 6.49. The Balaban J connectivity index is 1.43. The Labute approximate surface area is 210 Å². The first-order valence-electron chi connectivity index (χ1n) is 11.5. The second-order valence-corrected chi connectivity index (χ2v) is 9.26. The van der Waals surface area contributed by atoms with Crippen molar-refractivity contribution in [3.63, 3.8) is 0 Å². The van der Waals surface area contributed by atoms with Crippen LogP contribution in [0.1, 0.15) is 20.7 Å². The third-order valence-corrected chi connectivity index (χ3v) is 6.85. The molecule has 2 amide bonds. The van der Waals surface area contributed by atoms with Gasteiger partial charge in [0.1, 0.15) is 0 Å². The summed E-state index contributed by atoms with van der Waals surface area (Å²) in [6.45, 7) is 6.19. The van der Waals surface area contributed by atoms with Gasteiger partial charge >= 0.3 is 0 Å². The van der Waals surface area contributed by atoms with E-state index in [2.05, 4.69) is 4.90 Å². The fraction of sp³-hybridized carbons (Fsp3) is 0.440. The van der Waals surface area contributed by atoms with E-state index in [0.29, 0.717) is 67.2 Å². The fourth-order valence-corrected chi connectivity index (χ4v) is 4.50. The normalized spacial score (nSPS) is 19.1. The van der Waals surface area contributed by atoms with Gasteiger partial charge in [-0.25, -0.2) is 0 Å². The highest BCUT2D eigenvalue weighted by Crippen LogP contribution is 2.24. The number of morpholine rings is 2. The highest BCUT2D eigenvalue weighted by atomic mass is 35.5. The predicted molar refractivity (Wildman–Crippen MR) is 132 cm³/mol. The smallest absolute Gasteiger partial charge is 0.254 e. The van der Waals surface area contributed by atoms with Crippen molar-refractivity contribution >= 4 is 35.0 Å². The van der Waals surface area contributed by atoms with Gasteiger partial charge in [-0.15, -0.1) is 0 Å². The van der Waals surface area contributed by atoms with E-state index in [1.54, 1.807) is 23.1 Å². The minimum Gasteiger partial charge on any atom is -0.379 e. The van der Waals surface area contributed by atoms with Gasteiger partial charge in [-0.3, -0.25) is 14.5 Å². The maximum absolute atomic E-state index is 13.3. The Morgan fingerprint density at radius 1 is 0.941 bits per heavy atom. The molecule has 0 saturated carbocycles. The molecule has 1 atom stereocenters. The maximum Gasteiger partial charge on any atom is 0.254 e.